The highest BCUT2D eigenvalue weighted by Crippen LogP contribution is 2.24. The zero-order valence-corrected chi connectivity index (χ0v) is 11.6. The van der Waals surface area contributed by atoms with Crippen LogP contribution in [0.4, 0.5) is 22.0 Å². The van der Waals surface area contributed by atoms with Gasteiger partial charge in [-0.15, -0.1) is 0 Å². The van der Waals surface area contributed by atoms with Gasteiger partial charge in [0.25, 0.3) is 0 Å². The molecule has 3 nitrogen and oxygen atoms in total. The topological polar surface area (TPSA) is 35.5 Å². The maximum absolute atomic E-state index is 13.4. The van der Waals surface area contributed by atoms with Gasteiger partial charge in [-0.1, -0.05) is 12.1 Å². The molecule has 0 spiro atoms. The summed E-state index contributed by atoms with van der Waals surface area (Å²) in [6.45, 7) is -0.414. The van der Waals surface area contributed by atoms with Gasteiger partial charge in [-0.25, -0.2) is 26.7 Å². The quantitative estimate of drug-likeness (QED) is 0.370. The zero-order chi connectivity index (χ0) is 17.1. The Kier molecular flexibility index (Phi) is 4.83. The van der Waals surface area contributed by atoms with Crippen LogP contribution in [0.25, 0.3) is 0 Å². The van der Waals surface area contributed by atoms with E-state index in [-0.39, 0.29) is 0 Å². The van der Waals surface area contributed by atoms with E-state index in [9.17, 15) is 26.7 Å². The van der Waals surface area contributed by atoms with Crippen LogP contribution in [-0.4, -0.2) is 13.1 Å². The highest BCUT2D eigenvalue weighted by atomic mass is 19.2. The largest absolute Gasteiger partial charge is 0.497 e. The molecule has 0 aliphatic rings. The highest BCUT2D eigenvalue weighted by Gasteiger charge is 2.30. The van der Waals surface area contributed by atoms with Crippen molar-refractivity contribution in [2.75, 3.05) is 7.11 Å². The molecular formula is C15H9F5O3. The van der Waals surface area contributed by atoms with Crippen LogP contribution in [0.2, 0.25) is 0 Å². The summed E-state index contributed by atoms with van der Waals surface area (Å²) in [6, 6.07) is 6.10. The smallest absolute Gasteiger partial charge is 0.344 e. The van der Waals surface area contributed by atoms with E-state index in [4.69, 9.17) is 4.74 Å². The van der Waals surface area contributed by atoms with Crippen molar-refractivity contribution >= 4 is 5.97 Å². The number of halogens is 5. The number of hydrogen-bond acceptors (Lipinski definition) is 3. The Morgan fingerprint density at radius 3 is 1.83 bits per heavy atom. The van der Waals surface area contributed by atoms with E-state index in [0.717, 1.165) is 0 Å². The van der Waals surface area contributed by atoms with Crippen LogP contribution in [-0.2, 0) is 11.3 Å². The van der Waals surface area contributed by atoms with E-state index in [1.165, 1.54) is 19.2 Å². The molecule has 23 heavy (non-hydrogen) atoms. The summed E-state index contributed by atoms with van der Waals surface area (Å²) in [7, 11) is 1.44. The summed E-state index contributed by atoms with van der Waals surface area (Å²) < 4.78 is 75.3. The van der Waals surface area contributed by atoms with Crippen LogP contribution >= 0.6 is 0 Å². The van der Waals surface area contributed by atoms with E-state index in [1.807, 2.05) is 0 Å². The predicted octanol–water partition coefficient (Wildman–Crippen LogP) is 3.75. The van der Waals surface area contributed by atoms with Crippen molar-refractivity contribution in [3.63, 3.8) is 0 Å². The number of ether oxygens (including phenoxy) is 2. The number of rotatable bonds is 4. The average Bonchev–Trinajstić information content (AvgIpc) is 2.57. The molecule has 0 heterocycles. The first-order valence-electron chi connectivity index (χ1n) is 6.18. The minimum Gasteiger partial charge on any atom is -0.497 e. The molecular weight excluding hydrogens is 323 g/mol. The van der Waals surface area contributed by atoms with E-state index in [0.29, 0.717) is 11.3 Å². The molecule has 0 bridgehead atoms. The van der Waals surface area contributed by atoms with Crippen LogP contribution in [0.3, 0.4) is 0 Å². The lowest BCUT2D eigenvalue weighted by molar-refractivity contribution is 0.0458. The Morgan fingerprint density at radius 2 is 1.35 bits per heavy atom. The average molecular weight is 332 g/mol. The molecule has 2 aromatic carbocycles. The standard InChI is InChI=1S/C15H9F5O3/c1-22-8-4-2-7(3-5-8)6-23-15(21)9-10(16)12(18)14(20)13(19)11(9)17/h2-5H,6H2,1H3. The van der Waals surface area contributed by atoms with Gasteiger partial charge in [-0.2, -0.15) is 0 Å². The molecule has 0 aliphatic heterocycles. The number of carbonyl (C=O) groups excluding carboxylic acids is 1. The van der Waals surface area contributed by atoms with Crippen molar-refractivity contribution < 1.29 is 36.2 Å². The molecule has 0 amide bonds. The lowest BCUT2D eigenvalue weighted by Gasteiger charge is -2.09. The Labute approximate surface area is 127 Å². The molecule has 122 valence electrons. The molecule has 0 saturated carbocycles. The van der Waals surface area contributed by atoms with Crippen molar-refractivity contribution in [1.82, 2.24) is 0 Å². The maximum atomic E-state index is 13.4. The fourth-order valence-corrected chi connectivity index (χ4v) is 1.73. The van der Waals surface area contributed by atoms with Gasteiger partial charge < -0.3 is 9.47 Å². The van der Waals surface area contributed by atoms with Crippen LogP contribution < -0.4 is 4.74 Å². The van der Waals surface area contributed by atoms with Gasteiger partial charge in [-0.05, 0) is 17.7 Å². The summed E-state index contributed by atoms with van der Waals surface area (Å²) in [5, 5.41) is 0. The van der Waals surface area contributed by atoms with Crippen molar-refractivity contribution in [3.05, 3.63) is 64.5 Å². The van der Waals surface area contributed by atoms with Gasteiger partial charge in [0.2, 0.25) is 5.82 Å². The first kappa shape index (κ1) is 16.7. The normalized spacial score (nSPS) is 10.5. The van der Waals surface area contributed by atoms with Crippen molar-refractivity contribution in [3.8, 4) is 5.75 Å². The molecule has 0 aliphatic carbocycles. The summed E-state index contributed by atoms with van der Waals surface area (Å²) >= 11 is 0. The van der Waals surface area contributed by atoms with Crippen LogP contribution in [0.5, 0.6) is 5.75 Å². The Hall–Kier alpha value is -2.64. The maximum Gasteiger partial charge on any atom is 0.344 e. The summed E-state index contributed by atoms with van der Waals surface area (Å²) in [5.74, 6) is -12.4. The van der Waals surface area contributed by atoms with E-state index < -0.39 is 47.2 Å². The SMILES string of the molecule is COc1ccc(COC(=O)c2c(F)c(F)c(F)c(F)c2F)cc1. The van der Waals surface area contributed by atoms with Crippen LogP contribution in [0.1, 0.15) is 15.9 Å². The number of hydrogen-bond donors (Lipinski definition) is 0. The van der Waals surface area contributed by atoms with E-state index in [1.54, 1.807) is 12.1 Å². The molecule has 2 rings (SSSR count). The number of methoxy groups -OCH3 is 1. The van der Waals surface area contributed by atoms with E-state index >= 15 is 0 Å². The Bertz CT molecular complexity index is 715. The van der Waals surface area contributed by atoms with Crippen molar-refractivity contribution in [1.29, 1.82) is 0 Å². The van der Waals surface area contributed by atoms with Crippen LogP contribution in [0, 0.1) is 29.1 Å². The molecule has 0 aromatic heterocycles. The van der Waals surface area contributed by atoms with Crippen LogP contribution in [0.15, 0.2) is 24.3 Å². The molecule has 2 aromatic rings. The number of esters is 1. The van der Waals surface area contributed by atoms with Gasteiger partial charge in [-0.3, -0.25) is 0 Å². The van der Waals surface area contributed by atoms with Gasteiger partial charge in [0.05, 0.1) is 7.11 Å². The lowest BCUT2D eigenvalue weighted by atomic mass is 10.1. The third-order valence-corrected chi connectivity index (χ3v) is 2.94. The second-order valence-electron chi connectivity index (χ2n) is 4.37. The van der Waals surface area contributed by atoms with Gasteiger partial charge in [0.15, 0.2) is 23.3 Å². The fraction of sp³-hybridized carbons (Fsp3) is 0.133. The molecule has 0 N–H and O–H groups in total. The number of carbonyl (C=O) groups is 1. The molecule has 0 atom stereocenters. The van der Waals surface area contributed by atoms with Crippen molar-refractivity contribution in [2.24, 2.45) is 0 Å². The zero-order valence-electron chi connectivity index (χ0n) is 11.6. The first-order valence-corrected chi connectivity index (χ1v) is 6.18. The molecule has 0 radical (unpaired) electrons. The summed E-state index contributed by atoms with van der Waals surface area (Å²) in [6.07, 6.45) is 0. The van der Waals surface area contributed by atoms with E-state index in [2.05, 4.69) is 4.74 Å². The van der Waals surface area contributed by atoms with Gasteiger partial charge in [0, 0.05) is 0 Å². The number of benzene rings is 2. The second kappa shape index (κ2) is 6.64. The Balaban J connectivity index is 2.21. The van der Waals surface area contributed by atoms with Gasteiger partial charge in [0.1, 0.15) is 17.9 Å². The molecule has 0 saturated heterocycles. The molecule has 0 fully saturated rings. The molecule has 8 heteroatoms. The summed E-state index contributed by atoms with van der Waals surface area (Å²) in [5.41, 5.74) is -1.20. The second-order valence-corrected chi connectivity index (χ2v) is 4.37. The third kappa shape index (κ3) is 3.25. The lowest BCUT2D eigenvalue weighted by Crippen LogP contribution is -2.15. The third-order valence-electron chi connectivity index (χ3n) is 2.94. The Morgan fingerprint density at radius 1 is 0.870 bits per heavy atom. The fourth-order valence-electron chi connectivity index (χ4n) is 1.73. The molecule has 0 unspecified atom stereocenters. The minimum absolute atomic E-state index is 0.414. The van der Waals surface area contributed by atoms with Crippen molar-refractivity contribution in [2.45, 2.75) is 6.61 Å². The highest BCUT2D eigenvalue weighted by molar-refractivity contribution is 5.90. The monoisotopic (exact) mass is 332 g/mol. The minimum atomic E-state index is -2.34. The van der Waals surface area contributed by atoms with Gasteiger partial charge >= 0.3 is 5.97 Å². The first-order chi connectivity index (χ1) is 10.9. The summed E-state index contributed by atoms with van der Waals surface area (Å²) in [4.78, 5) is 11.6. The predicted molar refractivity (Wildman–Crippen MR) is 68.3 cm³/mol.